The van der Waals surface area contributed by atoms with Gasteiger partial charge in [0.1, 0.15) is 5.01 Å². The fourth-order valence-electron chi connectivity index (χ4n) is 4.22. The van der Waals surface area contributed by atoms with Crippen LogP contribution in [0.15, 0.2) is 24.3 Å². The van der Waals surface area contributed by atoms with Crippen molar-refractivity contribution in [3.63, 3.8) is 0 Å². The Bertz CT molecular complexity index is 915. The van der Waals surface area contributed by atoms with Gasteiger partial charge in [-0.05, 0) is 36.6 Å². The number of carbonyl (C=O) groups is 1. The number of hydrogen-bond donors (Lipinski definition) is 0. The van der Waals surface area contributed by atoms with Crippen molar-refractivity contribution in [3.05, 3.63) is 34.8 Å². The number of hydrogen-bond acceptors (Lipinski definition) is 7. The predicted octanol–water partition coefficient (Wildman–Crippen LogP) is 3.97. The van der Waals surface area contributed by atoms with Gasteiger partial charge < -0.3 is 19.3 Å². The van der Waals surface area contributed by atoms with E-state index in [2.05, 4.69) is 15.1 Å². The highest BCUT2D eigenvalue weighted by Crippen LogP contribution is 2.36. The minimum Gasteiger partial charge on any atom is -0.493 e. The molecule has 0 unspecified atom stereocenters. The zero-order chi connectivity index (χ0) is 21.6. The molecule has 1 aromatic heterocycles. The summed E-state index contributed by atoms with van der Waals surface area (Å²) in [5, 5.41) is 11.1. The Labute approximate surface area is 187 Å². The van der Waals surface area contributed by atoms with E-state index in [9.17, 15) is 4.79 Å². The Morgan fingerprint density at radius 3 is 2.48 bits per heavy atom. The molecule has 31 heavy (non-hydrogen) atoms. The van der Waals surface area contributed by atoms with Gasteiger partial charge in [-0.3, -0.25) is 4.79 Å². The van der Waals surface area contributed by atoms with Crippen LogP contribution >= 0.6 is 11.3 Å². The van der Waals surface area contributed by atoms with Gasteiger partial charge in [0.25, 0.3) is 0 Å². The van der Waals surface area contributed by atoms with Gasteiger partial charge in [-0.1, -0.05) is 36.7 Å². The molecule has 1 saturated heterocycles. The topological polar surface area (TPSA) is 67.8 Å². The van der Waals surface area contributed by atoms with Crippen molar-refractivity contribution in [2.75, 3.05) is 45.3 Å². The maximum absolute atomic E-state index is 12.6. The summed E-state index contributed by atoms with van der Waals surface area (Å²) < 4.78 is 10.6. The fraction of sp³-hybridized carbons (Fsp3) is 0.522. The first kappa shape index (κ1) is 21.6. The van der Waals surface area contributed by atoms with Gasteiger partial charge in [-0.15, -0.1) is 10.2 Å². The lowest BCUT2D eigenvalue weighted by atomic mass is 9.90. The third-order valence-corrected chi connectivity index (χ3v) is 7.22. The van der Waals surface area contributed by atoms with Crippen LogP contribution in [0, 0.1) is 0 Å². The van der Waals surface area contributed by atoms with Gasteiger partial charge in [-0.25, -0.2) is 0 Å². The molecule has 4 rings (SSSR count). The molecule has 1 aliphatic heterocycles. The van der Waals surface area contributed by atoms with Crippen LogP contribution in [0.1, 0.15) is 48.6 Å². The Balaban J connectivity index is 1.31. The number of piperazine rings is 1. The van der Waals surface area contributed by atoms with Crippen molar-refractivity contribution in [3.8, 4) is 11.5 Å². The van der Waals surface area contributed by atoms with E-state index in [1.807, 2.05) is 29.2 Å². The van der Waals surface area contributed by atoms with Gasteiger partial charge in [0.05, 0.1) is 14.2 Å². The Kier molecular flexibility index (Phi) is 7.06. The lowest BCUT2D eigenvalue weighted by molar-refractivity contribution is -0.126. The van der Waals surface area contributed by atoms with Crippen LogP contribution in [0.5, 0.6) is 11.5 Å². The average Bonchev–Trinajstić information content (AvgIpc) is 3.33. The Morgan fingerprint density at radius 1 is 1.03 bits per heavy atom. The standard InChI is InChI=1S/C23H30N4O3S/c1-29-19-10-8-17(16-20(19)30-2)9-11-21(28)26-12-14-27(15-13-26)23-25-24-22(31-23)18-6-4-3-5-7-18/h8-11,16,18H,3-7,12-15H2,1-2H3/b11-9+. The van der Waals surface area contributed by atoms with E-state index < -0.39 is 0 Å². The van der Waals surface area contributed by atoms with Gasteiger partial charge in [0, 0.05) is 38.2 Å². The molecule has 0 radical (unpaired) electrons. The molecule has 0 N–H and O–H groups in total. The monoisotopic (exact) mass is 442 g/mol. The first-order valence-corrected chi connectivity index (χ1v) is 11.8. The third kappa shape index (κ3) is 5.18. The van der Waals surface area contributed by atoms with Crippen molar-refractivity contribution < 1.29 is 14.3 Å². The first-order chi connectivity index (χ1) is 15.2. The average molecular weight is 443 g/mol. The zero-order valence-electron chi connectivity index (χ0n) is 18.2. The molecule has 2 heterocycles. The summed E-state index contributed by atoms with van der Waals surface area (Å²) in [5.41, 5.74) is 0.897. The second-order valence-corrected chi connectivity index (χ2v) is 9.01. The second-order valence-electron chi connectivity index (χ2n) is 8.02. The zero-order valence-corrected chi connectivity index (χ0v) is 19.1. The van der Waals surface area contributed by atoms with Crippen LogP contribution in [0.4, 0.5) is 5.13 Å². The van der Waals surface area contributed by atoms with E-state index in [-0.39, 0.29) is 5.91 Å². The highest BCUT2D eigenvalue weighted by atomic mass is 32.1. The molecule has 8 heteroatoms. The number of benzene rings is 1. The minimum atomic E-state index is 0.0228. The van der Waals surface area contributed by atoms with Gasteiger partial charge in [-0.2, -0.15) is 0 Å². The summed E-state index contributed by atoms with van der Waals surface area (Å²) in [5.74, 6) is 1.93. The van der Waals surface area contributed by atoms with Crippen molar-refractivity contribution in [1.29, 1.82) is 0 Å². The largest absolute Gasteiger partial charge is 0.493 e. The van der Waals surface area contributed by atoms with Crippen molar-refractivity contribution in [2.45, 2.75) is 38.0 Å². The van der Waals surface area contributed by atoms with E-state index in [1.54, 1.807) is 31.6 Å². The summed E-state index contributed by atoms with van der Waals surface area (Å²) in [6.45, 7) is 2.95. The van der Waals surface area contributed by atoms with Gasteiger partial charge in [0.15, 0.2) is 11.5 Å². The lowest BCUT2D eigenvalue weighted by Gasteiger charge is -2.33. The highest BCUT2D eigenvalue weighted by Gasteiger charge is 2.25. The number of rotatable bonds is 6. The molecule has 2 fully saturated rings. The fourth-order valence-corrected chi connectivity index (χ4v) is 5.28. The van der Waals surface area contributed by atoms with Crippen LogP contribution < -0.4 is 14.4 Å². The SMILES string of the molecule is COc1ccc(/C=C/C(=O)N2CCN(c3nnc(C4CCCCC4)s3)CC2)cc1OC. The number of anilines is 1. The number of nitrogens with zero attached hydrogens (tertiary/aromatic N) is 4. The molecule has 166 valence electrons. The molecule has 0 bridgehead atoms. The van der Waals surface area contributed by atoms with E-state index >= 15 is 0 Å². The third-order valence-electron chi connectivity index (χ3n) is 6.07. The minimum absolute atomic E-state index is 0.0228. The van der Waals surface area contributed by atoms with Crippen LogP contribution in [0.3, 0.4) is 0 Å². The van der Waals surface area contributed by atoms with Crippen molar-refractivity contribution in [1.82, 2.24) is 15.1 Å². The normalized spacial score (nSPS) is 17.9. The second kappa shape index (κ2) is 10.1. The molecule has 0 spiro atoms. The molecule has 1 saturated carbocycles. The molecule has 1 amide bonds. The van der Waals surface area contributed by atoms with Crippen LogP contribution in [0.25, 0.3) is 6.08 Å². The predicted molar refractivity (Wildman–Crippen MR) is 123 cm³/mol. The van der Waals surface area contributed by atoms with E-state index in [0.29, 0.717) is 30.5 Å². The summed E-state index contributed by atoms with van der Waals surface area (Å²) in [6, 6.07) is 5.60. The maximum atomic E-state index is 12.6. The number of aromatic nitrogens is 2. The molecular weight excluding hydrogens is 412 g/mol. The molecule has 7 nitrogen and oxygen atoms in total. The number of amides is 1. The summed E-state index contributed by atoms with van der Waals surface area (Å²) in [7, 11) is 3.21. The summed E-state index contributed by atoms with van der Waals surface area (Å²) in [6.07, 6.45) is 9.88. The van der Waals surface area contributed by atoms with E-state index in [0.717, 1.165) is 23.8 Å². The molecule has 0 atom stereocenters. The number of ether oxygens (including phenoxy) is 2. The number of methoxy groups -OCH3 is 2. The Morgan fingerprint density at radius 2 is 1.77 bits per heavy atom. The van der Waals surface area contributed by atoms with Crippen LogP contribution in [-0.4, -0.2) is 61.4 Å². The highest BCUT2D eigenvalue weighted by molar-refractivity contribution is 7.15. The summed E-state index contributed by atoms with van der Waals surface area (Å²) >= 11 is 1.73. The van der Waals surface area contributed by atoms with E-state index in [4.69, 9.17) is 9.47 Å². The molecule has 1 aliphatic carbocycles. The smallest absolute Gasteiger partial charge is 0.246 e. The lowest BCUT2D eigenvalue weighted by Crippen LogP contribution is -2.48. The molecule has 1 aromatic carbocycles. The first-order valence-electron chi connectivity index (χ1n) is 11.0. The van der Waals surface area contributed by atoms with E-state index in [1.165, 1.54) is 37.1 Å². The number of carbonyl (C=O) groups excluding carboxylic acids is 1. The van der Waals surface area contributed by atoms with Crippen LogP contribution in [0.2, 0.25) is 0 Å². The summed E-state index contributed by atoms with van der Waals surface area (Å²) in [4.78, 5) is 16.8. The van der Waals surface area contributed by atoms with Gasteiger partial charge in [0.2, 0.25) is 11.0 Å². The quantitative estimate of drug-likeness (QED) is 0.631. The maximum Gasteiger partial charge on any atom is 0.246 e. The van der Waals surface area contributed by atoms with Crippen molar-refractivity contribution in [2.24, 2.45) is 0 Å². The molecule has 2 aliphatic rings. The van der Waals surface area contributed by atoms with Crippen molar-refractivity contribution >= 4 is 28.5 Å². The molecular formula is C23H30N4O3S. The van der Waals surface area contributed by atoms with Gasteiger partial charge >= 0.3 is 0 Å². The Hall–Kier alpha value is -2.61. The molecule has 2 aromatic rings. The van der Waals surface area contributed by atoms with Crippen LogP contribution in [-0.2, 0) is 4.79 Å².